The van der Waals surface area contributed by atoms with Gasteiger partial charge in [0.1, 0.15) is 0 Å². The van der Waals surface area contributed by atoms with E-state index in [2.05, 4.69) is 24.3 Å². The van der Waals surface area contributed by atoms with Crippen molar-refractivity contribution in [3.05, 3.63) is 29.8 Å². The van der Waals surface area contributed by atoms with Gasteiger partial charge in [0.05, 0.1) is 6.42 Å². The molecule has 0 atom stereocenters. The van der Waals surface area contributed by atoms with E-state index in [0.29, 0.717) is 13.0 Å². The maximum absolute atomic E-state index is 12.2. The van der Waals surface area contributed by atoms with Gasteiger partial charge in [-0.2, -0.15) is 0 Å². The van der Waals surface area contributed by atoms with Gasteiger partial charge in [-0.05, 0) is 31.9 Å². The highest BCUT2D eigenvalue weighted by atomic mass is 32.2. The Morgan fingerprint density at radius 1 is 1.24 bits per heavy atom. The molecule has 0 unspecified atom stereocenters. The lowest BCUT2D eigenvalue weighted by Gasteiger charge is -2.21. The molecule has 4 nitrogen and oxygen atoms in total. The van der Waals surface area contributed by atoms with E-state index in [1.807, 2.05) is 6.92 Å². The van der Waals surface area contributed by atoms with Crippen molar-refractivity contribution in [1.29, 1.82) is 0 Å². The van der Waals surface area contributed by atoms with Crippen LogP contribution < -0.4 is 0 Å². The van der Waals surface area contributed by atoms with Crippen LogP contribution in [0.3, 0.4) is 0 Å². The Labute approximate surface area is 129 Å². The van der Waals surface area contributed by atoms with Gasteiger partial charge in [0.25, 0.3) is 0 Å². The molecule has 1 aromatic rings. The van der Waals surface area contributed by atoms with E-state index in [-0.39, 0.29) is 18.4 Å². The summed E-state index contributed by atoms with van der Waals surface area (Å²) in [7, 11) is 0. The number of rotatable bonds is 8. The third kappa shape index (κ3) is 5.42. The summed E-state index contributed by atoms with van der Waals surface area (Å²) in [5.74, 6) is -0.0288. The molecule has 114 valence electrons. The summed E-state index contributed by atoms with van der Waals surface area (Å²) in [6.45, 7) is 2.39. The van der Waals surface area contributed by atoms with E-state index in [1.54, 1.807) is 16.7 Å². The lowest BCUT2D eigenvalue weighted by molar-refractivity contribution is -0.138. The van der Waals surface area contributed by atoms with Crippen molar-refractivity contribution >= 4 is 23.6 Å². The van der Waals surface area contributed by atoms with Crippen LogP contribution in [-0.2, 0) is 9.59 Å². The zero-order valence-electron chi connectivity index (χ0n) is 12.2. The van der Waals surface area contributed by atoms with Crippen LogP contribution in [0, 0.1) is 6.92 Å². The normalized spacial score (nSPS) is 14.0. The molecule has 21 heavy (non-hydrogen) atoms. The van der Waals surface area contributed by atoms with Crippen LogP contribution in [0.5, 0.6) is 0 Å². The van der Waals surface area contributed by atoms with Gasteiger partial charge in [0.15, 0.2) is 0 Å². The molecule has 0 spiro atoms. The van der Waals surface area contributed by atoms with Crippen LogP contribution >= 0.6 is 11.8 Å². The molecule has 1 aromatic carbocycles. The topological polar surface area (TPSA) is 57.6 Å². The van der Waals surface area contributed by atoms with Crippen LogP contribution in [0.2, 0.25) is 0 Å². The molecule has 0 aromatic heterocycles. The number of carbonyl (C=O) groups excluding carboxylic acids is 1. The third-order valence-electron chi connectivity index (χ3n) is 3.48. The van der Waals surface area contributed by atoms with Crippen molar-refractivity contribution < 1.29 is 14.7 Å². The fourth-order valence-electron chi connectivity index (χ4n) is 2.15. The van der Waals surface area contributed by atoms with Crippen molar-refractivity contribution in [3.63, 3.8) is 0 Å². The van der Waals surface area contributed by atoms with Crippen molar-refractivity contribution in [2.24, 2.45) is 0 Å². The molecule has 0 radical (unpaired) electrons. The van der Waals surface area contributed by atoms with E-state index >= 15 is 0 Å². The van der Waals surface area contributed by atoms with Crippen LogP contribution in [0.4, 0.5) is 0 Å². The summed E-state index contributed by atoms with van der Waals surface area (Å²) in [6, 6.07) is 8.53. The average molecular weight is 307 g/mol. The first-order valence-corrected chi connectivity index (χ1v) is 8.25. The second-order valence-electron chi connectivity index (χ2n) is 5.37. The second kappa shape index (κ2) is 7.50. The Kier molecular flexibility index (Phi) is 5.67. The fourth-order valence-corrected chi connectivity index (χ4v) is 2.99. The summed E-state index contributed by atoms with van der Waals surface area (Å²) >= 11 is 1.67. The van der Waals surface area contributed by atoms with Gasteiger partial charge in [0.2, 0.25) is 5.91 Å². The highest BCUT2D eigenvalue weighted by molar-refractivity contribution is 7.99. The summed E-state index contributed by atoms with van der Waals surface area (Å²) < 4.78 is 0. The number of carboxylic acids is 1. The van der Waals surface area contributed by atoms with Gasteiger partial charge in [0, 0.05) is 29.7 Å². The van der Waals surface area contributed by atoms with Crippen molar-refractivity contribution in [1.82, 2.24) is 4.90 Å². The zero-order valence-corrected chi connectivity index (χ0v) is 13.1. The van der Waals surface area contributed by atoms with E-state index in [4.69, 9.17) is 5.11 Å². The third-order valence-corrected chi connectivity index (χ3v) is 4.49. The number of amides is 1. The molecular weight excluding hydrogens is 286 g/mol. The van der Waals surface area contributed by atoms with E-state index < -0.39 is 5.97 Å². The van der Waals surface area contributed by atoms with Gasteiger partial charge in [-0.3, -0.25) is 9.59 Å². The largest absolute Gasteiger partial charge is 0.481 e. The van der Waals surface area contributed by atoms with Crippen LogP contribution in [0.25, 0.3) is 0 Å². The number of carboxylic acid groups (broad SMARTS) is 1. The van der Waals surface area contributed by atoms with Gasteiger partial charge < -0.3 is 10.0 Å². The second-order valence-corrected chi connectivity index (χ2v) is 6.54. The molecular formula is C16H21NO3S. The molecule has 1 N–H and O–H groups in total. The SMILES string of the molecule is Cc1ccc(SCCC(=O)N(CCC(=O)O)C2CC2)cc1. The summed E-state index contributed by atoms with van der Waals surface area (Å²) in [5, 5.41) is 8.75. The first-order chi connectivity index (χ1) is 10.1. The lowest BCUT2D eigenvalue weighted by Crippen LogP contribution is -2.35. The molecule has 0 heterocycles. The van der Waals surface area contributed by atoms with Crippen LogP contribution in [0.15, 0.2) is 29.2 Å². The molecule has 1 aliphatic carbocycles. The summed E-state index contributed by atoms with van der Waals surface area (Å²) in [5.41, 5.74) is 1.23. The molecule has 1 amide bonds. The number of benzene rings is 1. The Balaban J connectivity index is 1.76. The van der Waals surface area contributed by atoms with Crippen molar-refractivity contribution in [2.75, 3.05) is 12.3 Å². The van der Waals surface area contributed by atoms with Gasteiger partial charge in [-0.1, -0.05) is 17.7 Å². The van der Waals surface area contributed by atoms with Gasteiger partial charge in [-0.15, -0.1) is 11.8 Å². The van der Waals surface area contributed by atoms with Crippen molar-refractivity contribution in [3.8, 4) is 0 Å². The Morgan fingerprint density at radius 2 is 1.90 bits per heavy atom. The van der Waals surface area contributed by atoms with E-state index in [0.717, 1.165) is 23.5 Å². The fraction of sp³-hybridized carbons (Fsp3) is 0.500. The molecule has 1 saturated carbocycles. The molecule has 5 heteroatoms. The Morgan fingerprint density at radius 3 is 2.48 bits per heavy atom. The smallest absolute Gasteiger partial charge is 0.305 e. The Bertz CT molecular complexity index is 497. The first kappa shape index (κ1) is 15.9. The summed E-state index contributed by atoms with van der Waals surface area (Å²) in [4.78, 5) is 25.8. The molecule has 0 aliphatic heterocycles. The van der Waals surface area contributed by atoms with E-state index in [1.165, 1.54) is 5.56 Å². The molecule has 1 fully saturated rings. The molecule has 2 rings (SSSR count). The van der Waals surface area contributed by atoms with Crippen molar-refractivity contribution in [2.45, 2.75) is 43.5 Å². The predicted octanol–water partition coefficient (Wildman–Crippen LogP) is 2.94. The average Bonchev–Trinajstić information content (AvgIpc) is 3.25. The minimum absolute atomic E-state index is 0.0351. The van der Waals surface area contributed by atoms with Crippen LogP contribution in [-0.4, -0.2) is 40.2 Å². The zero-order chi connectivity index (χ0) is 15.2. The standard InChI is InChI=1S/C16H21NO3S/c1-12-2-6-14(7-3-12)21-11-9-15(18)17(13-4-5-13)10-8-16(19)20/h2-3,6-7,13H,4-5,8-11H2,1H3,(H,19,20). The number of thioether (sulfide) groups is 1. The molecule has 0 bridgehead atoms. The minimum Gasteiger partial charge on any atom is -0.481 e. The molecule has 1 aliphatic rings. The number of aryl methyl sites for hydroxylation is 1. The highest BCUT2D eigenvalue weighted by Crippen LogP contribution is 2.28. The lowest BCUT2D eigenvalue weighted by atomic mass is 10.2. The maximum atomic E-state index is 12.2. The minimum atomic E-state index is -0.845. The number of nitrogens with zero attached hydrogens (tertiary/aromatic N) is 1. The van der Waals surface area contributed by atoms with Gasteiger partial charge in [-0.25, -0.2) is 0 Å². The molecule has 0 saturated heterocycles. The van der Waals surface area contributed by atoms with Gasteiger partial charge >= 0.3 is 5.97 Å². The first-order valence-electron chi connectivity index (χ1n) is 7.27. The summed E-state index contributed by atoms with van der Waals surface area (Å²) in [6.07, 6.45) is 2.52. The number of aliphatic carboxylic acids is 1. The number of hydrogen-bond donors (Lipinski definition) is 1. The monoisotopic (exact) mass is 307 g/mol. The van der Waals surface area contributed by atoms with E-state index in [9.17, 15) is 9.59 Å². The quantitative estimate of drug-likeness (QED) is 0.750. The number of carbonyl (C=O) groups is 2. The predicted molar refractivity (Wildman–Crippen MR) is 83.5 cm³/mol. The maximum Gasteiger partial charge on any atom is 0.305 e. The highest BCUT2D eigenvalue weighted by Gasteiger charge is 2.32. The van der Waals surface area contributed by atoms with Crippen LogP contribution in [0.1, 0.15) is 31.2 Å². The number of hydrogen-bond acceptors (Lipinski definition) is 3. The Hall–Kier alpha value is -1.49.